The highest BCUT2D eigenvalue weighted by Crippen LogP contribution is 2.14. The molecule has 138 valence electrons. The van der Waals surface area contributed by atoms with E-state index >= 15 is 0 Å². The second-order valence-corrected chi connectivity index (χ2v) is 6.37. The molecule has 5 heteroatoms. The van der Waals surface area contributed by atoms with Crippen molar-refractivity contribution in [2.24, 2.45) is 7.05 Å². The largest absolute Gasteiger partial charge is 0.454 e. The van der Waals surface area contributed by atoms with Crippen LogP contribution < -0.4 is 0 Å². The molecule has 2 rings (SSSR count). The van der Waals surface area contributed by atoms with E-state index in [1.165, 1.54) is 11.6 Å². The fraction of sp³-hybridized carbons (Fsp3) is 0.381. The normalized spacial score (nSPS) is 11.1. The maximum absolute atomic E-state index is 12.1. The SMILES string of the molecule is CCCCc1ccc(C(=O)COC(=O)C=Cc2c(C)nn(C)c2C)cc1. The number of ether oxygens (including phenoxy) is 1. The number of unbranched alkanes of at least 4 members (excludes halogenated alkanes) is 1. The molecule has 26 heavy (non-hydrogen) atoms. The zero-order chi connectivity index (χ0) is 19.1. The molecule has 0 saturated carbocycles. The molecule has 1 aromatic heterocycles. The summed E-state index contributed by atoms with van der Waals surface area (Å²) in [5.74, 6) is -0.747. The van der Waals surface area contributed by atoms with Crippen molar-refractivity contribution in [2.45, 2.75) is 40.0 Å². The molecule has 0 aliphatic heterocycles. The number of aromatic nitrogens is 2. The maximum Gasteiger partial charge on any atom is 0.331 e. The first kappa shape index (κ1) is 19.6. The summed E-state index contributed by atoms with van der Waals surface area (Å²) < 4.78 is 6.82. The second-order valence-electron chi connectivity index (χ2n) is 6.37. The number of esters is 1. The van der Waals surface area contributed by atoms with Crippen LogP contribution in [0.2, 0.25) is 0 Å². The average molecular weight is 354 g/mol. The molecule has 0 atom stereocenters. The van der Waals surface area contributed by atoms with E-state index in [0.29, 0.717) is 5.56 Å². The minimum absolute atomic E-state index is 0.206. The number of Topliss-reactive ketones (excluding diaryl/α,β-unsaturated/α-hetero) is 1. The molecule has 2 aromatic rings. The lowest BCUT2D eigenvalue weighted by Crippen LogP contribution is -2.12. The summed E-state index contributed by atoms with van der Waals surface area (Å²) >= 11 is 0. The molecule has 5 nitrogen and oxygen atoms in total. The van der Waals surface area contributed by atoms with Gasteiger partial charge in [0.25, 0.3) is 0 Å². The van der Waals surface area contributed by atoms with Gasteiger partial charge in [0.1, 0.15) is 0 Å². The zero-order valence-electron chi connectivity index (χ0n) is 15.9. The van der Waals surface area contributed by atoms with Gasteiger partial charge in [-0.2, -0.15) is 5.10 Å². The Morgan fingerprint density at radius 1 is 1.19 bits per heavy atom. The number of ketones is 1. The predicted octanol–water partition coefficient (Wildman–Crippen LogP) is 3.82. The molecule has 1 heterocycles. The van der Waals surface area contributed by atoms with E-state index < -0.39 is 5.97 Å². The van der Waals surface area contributed by atoms with E-state index in [-0.39, 0.29) is 12.4 Å². The third-order valence-corrected chi connectivity index (χ3v) is 4.39. The minimum atomic E-state index is -0.541. The molecule has 0 aliphatic carbocycles. The van der Waals surface area contributed by atoms with Crippen molar-refractivity contribution < 1.29 is 14.3 Å². The first-order chi connectivity index (χ1) is 12.4. The summed E-state index contributed by atoms with van der Waals surface area (Å²) in [6.45, 7) is 5.70. The summed E-state index contributed by atoms with van der Waals surface area (Å²) in [7, 11) is 1.85. The first-order valence-corrected chi connectivity index (χ1v) is 8.89. The van der Waals surface area contributed by atoms with E-state index in [1.807, 2.05) is 33.0 Å². The van der Waals surface area contributed by atoms with Crippen molar-refractivity contribution in [1.29, 1.82) is 0 Å². The van der Waals surface area contributed by atoms with Crippen LogP contribution in [-0.4, -0.2) is 28.1 Å². The lowest BCUT2D eigenvalue weighted by Gasteiger charge is -2.04. The Morgan fingerprint density at radius 3 is 2.46 bits per heavy atom. The number of aryl methyl sites for hydroxylation is 3. The molecule has 0 saturated heterocycles. The molecule has 0 bridgehead atoms. The number of benzene rings is 1. The smallest absolute Gasteiger partial charge is 0.331 e. The number of hydrogen-bond donors (Lipinski definition) is 0. The Labute approximate surface area is 154 Å². The lowest BCUT2D eigenvalue weighted by atomic mass is 10.0. The van der Waals surface area contributed by atoms with Crippen LogP contribution in [0.5, 0.6) is 0 Å². The Balaban J connectivity index is 1.88. The highest BCUT2D eigenvalue weighted by Gasteiger charge is 2.10. The van der Waals surface area contributed by atoms with E-state index in [2.05, 4.69) is 12.0 Å². The van der Waals surface area contributed by atoms with Crippen molar-refractivity contribution >= 4 is 17.8 Å². The van der Waals surface area contributed by atoms with Crippen LogP contribution in [-0.2, 0) is 23.0 Å². The van der Waals surface area contributed by atoms with Gasteiger partial charge in [0, 0.05) is 29.9 Å². The summed E-state index contributed by atoms with van der Waals surface area (Å²) in [6, 6.07) is 7.50. The predicted molar refractivity (Wildman–Crippen MR) is 102 cm³/mol. The van der Waals surface area contributed by atoms with Gasteiger partial charge < -0.3 is 4.74 Å². The number of rotatable bonds is 8. The summed E-state index contributed by atoms with van der Waals surface area (Å²) in [5, 5.41) is 4.29. The van der Waals surface area contributed by atoms with Crippen LogP contribution in [0.25, 0.3) is 6.08 Å². The van der Waals surface area contributed by atoms with Crippen molar-refractivity contribution in [3.63, 3.8) is 0 Å². The fourth-order valence-electron chi connectivity index (χ4n) is 2.69. The Hall–Kier alpha value is -2.69. The van der Waals surface area contributed by atoms with Gasteiger partial charge in [-0.1, -0.05) is 37.6 Å². The van der Waals surface area contributed by atoms with Crippen molar-refractivity contribution in [1.82, 2.24) is 9.78 Å². The average Bonchev–Trinajstić information content (AvgIpc) is 2.88. The van der Waals surface area contributed by atoms with Gasteiger partial charge >= 0.3 is 5.97 Å². The zero-order valence-corrected chi connectivity index (χ0v) is 15.9. The lowest BCUT2D eigenvalue weighted by molar-refractivity contribution is -0.136. The van der Waals surface area contributed by atoms with E-state index in [9.17, 15) is 9.59 Å². The number of carbonyl (C=O) groups is 2. The van der Waals surface area contributed by atoms with E-state index in [4.69, 9.17) is 4.74 Å². The van der Waals surface area contributed by atoms with Gasteiger partial charge in [0.15, 0.2) is 12.4 Å². The third kappa shape index (κ3) is 5.15. The first-order valence-electron chi connectivity index (χ1n) is 8.89. The van der Waals surface area contributed by atoms with Gasteiger partial charge in [0.2, 0.25) is 0 Å². The van der Waals surface area contributed by atoms with Crippen LogP contribution >= 0.6 is 0 Å². The van der Waals surface area contributed by atoms with Gasteiger partial charge in [-0.25, -0.2) is 4.79 Å². The number of nitrogens with zero attached hydrogens (tertiary/aromatic N) is 2. The second kappa shape index (κ2) is 9.13. The molecular weight excluding hydrogens is 328 g/mol. The van der Waals surface area contributed by atoms with Crippen molar-refractivity contribution in [2.75, 3.05) is 6.61 Å². The Bertz CT molecular complexity index is 801. The molecule has 1 aromatic carbocycles. The molecule has 0 radical (unpaired) electrons. The number of hydrogen-bond acceptors (Lipinski definition) is 4. The minimum Gasteiger partial charge on any atom is -0.454 e. The maximum atomic E-state index is 12.1. The molecular formula is C21H26N2O3. The molecule has 0 aliphatic rings. The molecule has 0 amide bonds. The molecule has 0 N–H and O–H groups in total. The van der Waals surface area contributed by atoms with Gasteiger partial charge in [-0.05, 0) is 38.3 Å². The van der Waals surface area contributed by atoms with Gasteiger partial charge in [-0.3, -0.25) is 9.48 Å². The van der Waals surface area contributed by atoms with Crippen LogP contribution in [0.1, 0.15) is 52.6 Å². The Kier molecular flexibility index (Phi) is 6.89. The third-order valence-electron chi connectivity index (χ3n) is 4.39. The quantitative estimate of drug-likeness (QED) is 0.411. The highest BCUT2D eigenvalue weighted by atomic mass is 16.5. The summed E-state index contributed by atoms with van der Waals surface area (Å²) in [5.41, 5.74) is 4.46. The fourth-order valence-corrected chi connectivity index (χ4v) is 2.69. The van der Waals surface area contributed by atoms with Crippen LogP contribution in [0, 0.1) is 13.8 Å². The van der Waals surface area contributed by atoms with Gasteiger partial charge in [-0.15, -0.1) is 0 Å². The van der Waals surface area contributed by atoms with Crippen LogP contribution in [0.15, 0.2) is 30.3 Å². The molecule has 0 fully saturated rings. The summed E-state index contributed by atoms with van der Waals surface area (Å²) in [4.78, 5) is 24.0. The molecule has 0 unspecified atom stereocenters. The van der Waals surface area contributed by atoms with Crippen LogP contribution in [0.3, 0.4) is 0 Å². The van der Waals surface area contributed by atoms with Gasteiger partial charge in [0.05, 0.1) is 5.69 Å². The topological polar surface area (TPSA) is 61.2 Å². The van der Waals surface area contributed by atoms with E-state index in [1.54, 1.807) is 22.9 Å². The van der Waals surface area contributed by atoms with E-state index in [0.717, 1.165) is 36.2 Å². The standard InChI is InChI=1S/C21H26N2O3/c1-5-6-7-17-8-10-18(11-9-17)20(24)14-26-21(25)13-12-19-15(2)22-23(4)16(19)3/h8-13H,5-7,14H2,1-4H3. The number of carbonyl (C=O) groups excluding carboxylic acids is 2. The molecule has 0 spiro atoms. The highest BCUT2D eigenvalue weighted by molar-refractivity contribution is 5.98. The summed E-state index contributed by atoms with van der Waals surface area (Å²) in [6.07, 6.45) is 6.29. The Morgan fingerprint density at radius 2 is 1.88 bits per heavy atom. The monoisotopic (exact) mass is 354 g/mol. The van der Waals surface area contributed by atoms with Crippen LogP contribution in [0.4, 0.5) is 0 Å². The van der Waals surface area contributed by atoms with Crippen molar-refractivity contribution in [3.05, 3.63) is 58.4 Å². The van der Waals surface area contributed by atoms with Crippen molar-refractivity contribution in [3.8, 4) is 0 Å².